The molecule has 27 heavy (non-hydrogen) atoms. The normalized spacial score (nSPS) is 12.9. The van der Waals surface area contributed by atoms with Gasteiger partial charge < -0.3 is 19.6 Å². The molecule has 0 fully saturated rings. The highest BCUT2D eigenvalue weighted by molar-refractivity contribution is 5.96. The van der Waals surface area contributed by atoms with Crippen LogP contribution in [0.1, 0.15) is 36.5 Å². The molecule has 7 heteroatoms. The lowest BCUT2D eigenvalue weighted by atomic mass is 9.98. The Morgan fingerprint density at radius 3 is 2.11 bits per heavy atom. The van der Waals surface area contributed by atoms with E-state index in [0.29, 0.717) is 12.0 Å². The zero-order valence-corrected chi connectivity index (χ0v) is 15.8. The maximum atomic E-state index is 12.2. The van der Waals surface area contributed by atoms with Gasteiger partial charge in [-0.1, -0.05) is 30.4 Å². The van der Waals surface area contributed by atoms with Crippen LogP contribution in [0.15, 0.2) is 42.5 Å². The van der Waals surface area contributed by atoms with Crippen molar-refractivity contribution in [3.05, 3.63) is 48.0 Å². The first kappa shape index (κ1) is 22.1. The van der Waals surface area contributed by atoms with Crippen molar-refractivity contribution in [3.63, 3.8) is 0 Å². The zero-order valence-electron chi connectivity index (χ0n) is 15.8. The standard InChI is InChI=1S/C20H25NO6/c1-14(22)13-16(19(24)26-2)11-7-8-12-17(20(25)27-3)21-18(23)15-9-5-4-6-10-15/h4-10,16-17H,11-13H2,1-3H3,(H,21,23)/t16-,17+/m1/s1. The average molecular weight is 375 g/mol. The number of ether oxygens (including phenoxy) is 2. The minimum atomic E-state index is -0.858. The number of amides is 1. The molecule has 0 saturated heterocycles. The van der Waals surface area contributed by atoms with Crippen LogP contribution in [0.3, 0.4) is 0 Å². The van der Waals surface area contributed by atoms with Crippen LogP contribution >= 0.6 is 0 Å². The van der Waals surface area contributed by atoms with Crippen LogP contribution in [0.4, 0.5) is 0 Å². The van der Waals surface area contributed by atoms with Crippen LogP contribution in [0.5, 0.6) is 0 Å². The number of carbonyl (C=O) groups excluding carboxylic acids is 4. The third-order valence-electron chi connectivity index (χ3n) is 3.85. The minimum absolute atomic E-state index is 0.0855. The summed E-state index contributed by atoms with van der Waals surface area (Å²) < 4.78 is 9.42. The van der Waals surface area contributed by atoms with E-state index in [1.54, 1.807) is 42.5 Å². The van der Waals surface area contributed by atoms with Crippen molar-refractivity contribution < 1.29 is 28.7 Å². The number of carbonyl (C=O) groups is 4. The van der Waals surface area contributed by atoms with Crippen molar-refractivity contribution in [1.29, 1.82) is 0 Å². The van der Waals surface area contributed by atoms with Crippen molar-refractivity contribution in [2.45, 2.75) is 32.2 Å². The summed E-state index contributed by atoms with van der Waals surface area (Å²) in [7, 11) is 2.51. The number of methoxy groups -OCH3 is 2. The van der Waals surface area contributed by atoms with Crippen LogP contribution in [-0.2, 0) is 23.9 Å². The number of ketones is 1. The molecule has 0 aliphatic carbocycles. The lowest BCUT2D eigenvalue weighted by molar-refractivity contribution is -0.147. The molecule has 1 rings (SSSR count). The molecule has 1 amide bonds. The van der Waals surface area contributed by atoms with Gasteiger partial charge in [-0.15, -0.1) is 0 Å². The molecular formula is C20H25NO6. The molecule has 0 unspecified atom stereocenters. The molecule has 0 spiro atoms. The van der Waals surface area contributed by atoms with Crippen LogP contribution in [0.2, 0.25) is 0 Å². The molecule has 0 radical (unpaired) electrons. The number of hydrogen-bond acceptors (Lipinski definition) is 6. The van der Waals surface area contributed by atoms with Gasteiger partial charge in [-0.3, -0.25) is 9.59 Å². The lowest BCUT2D eigenvalue weighted by Crippen LogP contribution is -2.41. The number of esters is 2. The number of benzene rings is 1. The van der Waals surface area contributed by atoms with Gasteiger partial charge in [-0.25, -0.2) is 4.79 Å². The molecule has 1 N–H and O–H groups in total. The van der Waals surface area contributed by atoms with Gasteiger partial charge in [0.2, 0.25) is 0 Å². The third-order valence-corrected chi connectivity index (χ3v) is 3.85. The molecule has 146 valence electrons. The maximum Gasteiger partial charge on any atom is 0.328 e. The second-order valence-corrected chi connectivity index (χ2v) is 5.98. The molecule has 1 aromatic rings. The summed E-state index contributed by atoms with van der Waals surface area (Å²) in [5, 5.41) is 2.63. The monoisotopic (exact) mass is 375 g/mol. The second-order valence-electron chi connectivity index (χ2n) is 5.98. The van der Waals surface area contributed by atoms with Crippen molar-refractivity contribution in [1.82, 2.24) is 5.32 Å². The first-order valence-electron chi connectivity index (χ1n) is 8.55. The summed E-state index contributed by atoms with van der Waals surface area (Å²) in [6.07, 6.45) is 3.94. The fraction of sp³-hybridized carbons (Fsp3) is 0.400. The summed E-state index contributed by atoms with van der Waals surface area (Å²) in [6.45, 7) is 1.41. The number of hydrogen-bond donors (Lipinski definition) is 1. The van der Waals surface area contributed by atoms with Crippen molar-refractivity contribution in [2.24, 2.45) is 5.92 Å². The topological polar surface area (TPSA) is 98.8 Å². The quantitative estimate of drug-likeness (QED) is 0.496. The number of rotatable bonds is 10. The Morgan fingerprint density at radius 1 is 0.963 bits per heavy atom. The van der Waals surface area contributed by atoms with Crippen LogP contribution in [-0.4, -0.2) is 43.9 Å². The summed E-state index contributed by atoms with van der Waals surface area (Å²) in [5.74, 6) is -2.10. The Kier molecular flexibility index (Phi) is 9.50. The van der Waals surface area contributed by atoms with E-state index in [0.717, 1.165) is 0 Å². The Hall–Kier alpha value is -2.96. The molecule has 0 saturated carbocycles. The molecule has 2 atom stereocenters. The smallest absolute Gasteiger partial charge is 0.328 e. The van der Waals surface area contributed by atoms with Crippen LogP contribution in [0.25, 0.3) is 0 Å². The molecule has 0 aromatic heterocycles. The first-order valence-corrected chi connectivity index (χ1v) is 8.55. The Morgan fingerprint density at radius 2 is 1.56 bits per heavy atom. The fourth-order valence-corrected chi connectivity index (χ4v) is 2.46. The highest BCUT2D eigenvalue weighted by Gasteiger charge is 2.22. The molecule has 7 nitrogen and oxygen atoms in total. The SMILES string of the molecule is COC(=O)[C@H](CC=CC[C@H](NC(=O)c1ccccc1)C(=O)OC)CC(C)=O. The largest absolute Gasteiger partial charge is 0.469 e. The van der Waals surface area contributed by atoms with Crippen molar-refractivity contribution >= 4 is 23.6 Å². The molecule has 0 bridgehead atoms. The summed E-state index contributed by atoms with van der Waals surface area (Å²) >= 11 is 0. The van der Waals surface area contributed by atoms with Gasteiger partial charge >= 0.3 is 11.9 Å². The van der Waals surface area contributed by atoms with E-state index < -0.39 is 23.9 Å². The predicted molar refractivity (Wildman–Crippen MR) is 98.9 cm³/mol. The maximum absolute atomic E-state index is 12.2. The van der Waals surface area contributed by atoms with Crippen molar-refractivity contribution in [2.75, 3.05) is 14.2 Å². The number of Topliss-reactive ketones (excluding diaryl/α,β-unsaturated/α-hetero) is 1. The summed E-state index contributed by atoms with van der Waals surface area (Å²) in [6, 6.07) is 7.66. The van der Waals surface area contributed by atoms with Gasteiger partial charge in [0.15, 0.2) is 0 Å². The molecule has 0 aliphatic rings. The van der Waals surface area contributed by atoms with Crippen molar-refractivity contribution in [3.8, 4) is 0 Å². The molecule has 1 aromatic carbocycles. The fourth-order valence-electron chi connectivity index (χ4n) is 2.46. The van der Waals surface area contributed by atoms with Gasteiger partial charge in [0.05, 0.1) is 20.1 Å². The minimum Gasteiger partial charge on any atom is -0.469 e. The van der Waals surface area contributed by atoms with E-state index in [9.17, 15) is 19.2 Å². The van der Waals surface area contributed by atoms with Gasteiger partial charge in [-0.05, 0) is 31.9 Å². The van der Waals surface area contributed by atoms with Crippen LogP contribution in [0, 0.1) is 5.92 Å². The van der Waals surface area contributed by atoms with E-state index >= 15 is 0 Å². The summed E-state index contributed by atoms with van der Waals surface area (Å²) in [5.41, 5.74) is 0.433. The second kappa shape index (κ2) is 11.6. The van der Waals surface area contributed by atoms with Crippen LogP contribution < -0.4 is 5.32 Å². The summed E-state index contributed by atoms with van der Waals surface area (Å²) in [4.78, 5) is 47.1. The molecule has 0 heterocycles. The van der Waals surface area contributed by atoms with Gasteiger partial charge in [0.25, 0.3) is 5.91 Å². The van der Waals surface area contributed by atoms with E-state index in [-0.39, 0.29) is 24.5 Å². The van der Waals surface area contributed by atoms with E-state index in [1.165, 1.54) is 21.1 Å². The highest BCUT2D eigenvalue weighted by Crippen LogP contribution is 2.13. The first-order chi connectivity index (χ1) is 12.9. The Bertz CT molecular complexity index is 683. The number of nitrogens with one attached hydrogen (secondary N) is 1. The van der Waals surface area contributed by atoms with Gasteiger partial charge in [0, 0.05) is 12.0 Å². The van der Waals surface area contributed by atoms with Gasteiger partial charge in [0.1, 0.15) is 11.8 Å². The number of allylic oxidation sites excluding steroid dienone is 1. The average Bonchev–Trinajstić information content (AvgIpc) is 2.68. The Labute approximate surface area is 158 Å². The third kappa shape index (κ3) is 7.85. The highest BCUT2D eigenvalue weighted by atomic mass is 16.5. The zero-order chi connectivity index (χ0) is 20.2. The molecular weight excluding hydrogens is 350 g/mol. The molecule has 0 aliphatic heterocycles. The van der Waals surface area contributed by atoms with E-state index in [4.69, 9.17) is 9.47 Å². The predicted octanol–water partition coefficient (Wildman–Crippen LogP) is 2.06. The van der Waals surface area contributed by atoms with Gasteiger partial charge in [-0.2, -0.15) is 0 Å². The lowest BCUT2D eigenvalue weighted by Gasteiger charge is -2.15. The van der Waals surface area contributed by atoms with E-state index in [2.05, 4.69) is 5.32 Å². The van der Waals surface area contributed by atoms with E-state index in [1.807, 2.05) is 0 Å². The Balaban J connectivity index is 2.69.